The molecule has 0 fully saturated rings. The molecule has 9 heteroatoms. The van der Waals surface area contributed by atoms with Crippen LogP contribution in [0.2, 0.25) is 0 Å². The molecule has 172 valence electrons. The van der Waals surface area contributed by atoms with Crippen molar-refractivity contribution in [2.45, 2.75) is 18.9 Å². The molecule has 2 rings (SSSR count). The highest BCUT2D eigenvalue weighted by Crippen LogP contribution is 2.34. The predicted molar refractivity (Wildman–Crippen MR) is 119 cm³/mol. The van der Waals surface area contributed by atoms with E-state index < -0.39 is 17.5 Å². The molecular weight excluding hydrogens is 416 g/mol. The molecule has 0 aliphatic heterocycles. The second-order valence-electron chi connectivity index (χ2n) is 6.83. The van der Waals surface area contributed by atoms with Gasteiger partial charge < -0.3 is 30.7 Å². The average Bonchev–Trinajstić information content (AvgIpc) is 2.78. The number of carboxylic acid groups (broad SMARTS) is 2. The van der Waals surface area contributed by atoms with E-state index in [0.29, 0.717) is 30.1 Å². The summed E-state index contributed by atoms with van der Waals surface area (Å²) in [5.74, 6) is -1.45. The molecule has 1 unspecified atom stereocenters. The van der Waals surface area contributed by atoms with Gasteiger partial charge in [-0.05, 0) is 36.6 Å². The first kappa shape index (κ1) is 26.2. The normalized spacial score (nSPS) is 12.1. The summed E-state index contributed by atoms with van der Waals surface area (Å²) in [6.07, 6.45) is 1.75. The van der Waals surface area contributed by atoms with Crippen molar-refractivity contribution in [1.82, 2.24) is 5.32 Å². The molecule has 0 heterocycles. The van der Waals surface area contributed by atoms with Crippen LogP contribution in [0, 0.1) is 0 Å². The van der Waals surface area contributed by atoms with Crippen molar-refractivity contribution in [3.8, 4) is 11.5 Å². The minimum Gasteiger partial charge on any atom is -0.493 e. The third-order valence-corrected chi connectivity index (χ3v) is 4.39. The van der Waals surface area contributed by atoms with Crippen molar-refractivity contribution in [1.29, 1.82) is 0 Å². The van der Waals surface area contributed by atoms with Gasteiger partial charge in [-0.3, -0.25) is 4.79 Å². The van der Waals surface area contributed by atoms with Crippen molar-refractivity contribution in [2.24, 2.45) is 5.73 Å². The van der Waals surface area contributed by atoms with E-state index in [0.717, 1.165) is 11.1 Å². The lowest BCUT2D eigenvalue weighted by Crippen LogP contribution is -2.47. The number of rotatable bonds is 9. The van der Waals surface area contributed by atoms with Gasteiger partial charge in [0.2, 0.25) is 5.91 Å². The van der Waals surface area contributed by atoms with E-state index in [1.807, 2.05) is 55.5 Å². The first-order chi connectivity index (χ1) is 15.1. The van der Waals surface area contributed by atoms with Crippen LogP contribution in [0.1, 0.15) is 18.1 Å². The standard InChI is InChI=1S/C19H24N2O3.C4H4O4/c1-19(21-18(22)13-20,12-14-7-5-4-6-8-14)15-9-10-16(23-2)17(11-15)24-3;5-3(6)1-2-4(7)8/h4-11H,12-13,20H2,1-3H3,(H,21,22);1-2H,(H,5,6)(H,7,8). The van der Waals surface area contributed by atoms with E-state index >= 15 is 0 Å². The Hall–Kier alpha value is -3.85. The number of nitrogens with one attached hydrogen (secondary N) is 1. The Balaban J connectivity index is 0.000000547. The van der Waals surface area contributed by atoms with Crippen LogP contribution in [-0.2, 0) is 26.3 Å². The Morgan fingerprint density at radius 2 is 1.53 bits per heavy atom. The molecule has 5 N–H and O–H groups in total. The summed E-state index contributed by atoms with van der Waals surface area (Å²) in [5.41, 5.74) is 6.92. The summed E-state index contributed by atoms with van der Waals surface area (Å²) in [6, 6.07) is 15.7. The quantitative estimate of drug-likeness (QED) is 0.429. The topological polar surface area (TPSA) is 148 Å². The molecule has 0 aliphatic rings. The van der Waals surface area contributed by atoms with Gasteiger partial charge in [-0.2, -0.15) is 0 Å². The lowest BCUT2D eigenvalue weighted by Gasteiger charge is -2.32. The molecule has 0 radical (unpaired) electrons. The Bertz CT molecular complexity index is 929. The van der Waals surface area contributed by atoms with Crippen LogP contribution in [0.3, 0.4) is 0 Å². The number of carbonyl (C=O) groups is 3. The lowest BCUT2D eigenvalue weighted by molar-refractivity contribution is -0.134. The van der Waals surface area contributed by atoms with Crippen LogP contribution in [0.25, 0.3) is 0 Å². The fourth-order valence-corrected chi connectivity index (χ4v) is 2.90. The fourth-order valence-electron chi connectivity index (χ4n) is 2.90. The zero-order chi connectivity index (χ0) is 24.1. The third-order valence-electron chi connectivity index (χ3n) is 4.39. The van der Waals surface area contributed by atoms with Gasteiger partial charge in [0.25, 0.3) is 0 Å². The molecule has 2 aromatic carbocycles. The summed E-state index contributed by atoms with van der Waals surface area (Å²) in [7, 11) is 3.19. The average molecular weight is 444 g/mol. The molecule has 0 spiro atoms. The molecule has 0 saturated carbocycles. The van der Waals surface area contributed by atoms with Crippen LogP contribution in [-0.4, -0.2) is 48.8 Å². The number of carboxylic acids is 2. The number of methoxy groups -OCH3 is 2. The van der Waals surface area contributed by atoms with Crippen LogP contribution in [0.5, 0.6) is 11.5 Å². The maximum absolute atomic E-state index is 12.0. The van der Waals surface area contributed by atoms with Crippen molar-refractivity contribution in [3.63, 3.8) is 0 Å². The Kier molecular flexibility index (Phi) is 10.4. The van der Waals surface area contributed by atoms with Gasteiger partial charge >= 0.3 is 11.9 Å². The van der Waals surface area contributed by atoms with E-state index in [2.05, 4.69) is 5.32 Å². The van der Waals surface area contributed by atoms with Crippen LogP contribution < -0.4 is 20.5 Å². The summed E-state index contributed by atoms with van der Waals surface area (Å²) in [6.45, 7) is 1.92. The highest BCUT2D eigenvalue weighted by Gasteiger charge is 2.29. The highest BCUT2D eigenvalue weighted by molar-refractivity contribution is 5.89. The van der Waals surface area contributed by atoms with Gasteiger partial charge in [0.05, 0.1) is 26.3 Å². The Morgan fingerprint density at radius 1 is 0.969 bits per heavy atom. The zero-order valence-electron chi connectivity index (χ0n) is 18.2. The summed E-state index contributed by atoms with van der Waals surface area (Å²) in [4.78, 5) is 31.1. The van der Waals surface area contributed by atoms with Gasteiger partial charge in [-0.25, -0.2) is 9.59 Å². The number of ether oxygens (including phenoxy) is 2. The smallest absolute Gasteiger partial charge is 0.328 e. The summed E-state index contributed by atoms with van der Waals surface area (Å²) in [5, 5.41) is 18.7. The number of carbonyl (C=O) groups excluding carboxylic acids is 1. The number of aliphatic carboxylic acids is 2. The largest absolute Gasteiger partial charge is 0.493 e. The van der Waals surface area contributed by atoms with E-state index in [9.17, 15) is 14.4 Å². The number of amides is 1. The van der Waals surface area contributed by atoms with Crippen molar-refractivity contribution in [2.75, 3.05) is 20.8 Å². The first-order valence-corrected chi connectivity index (χ1v) is 9.56. The predicted octanol–water partition coefficient (Wildman–Crippen LogP) is 1.95. The number of benzene rings is 2. The molecule has 0 aromatic heterocycles. The molecular formula is C23H28N2O7. The fraction of sp³-hybridized carbons (Fsp3) is 0.261. The minimum atomic E-state index is -1.26. The monoisotopic (exact) mass is 444 g/mol. The lowest BCUT2D eigenvalue weighted by atomic mass is 9.85. The second kappa shape index (κ2) is 12.8. The van der Waals surface area contributed by atoms with E-state index in [1.165, 1.54) is 0 Å². The first-order valence-electron chi connectivity index (χ1n) is 9.56. The van der Waals surface area contributed by atoms with Crippen molar-refractivity contribution >= 4 is 17.8 Å². The van der Waals surface area contributed by atoms with Gasteiger partial charge in [-0.1, -0.05) is 36.4 Å². The molecule has 0 aliphatic carbocycles. The highest BCUT2D eigenvalue weighted by atomic mass is 16.5. The van der Waals surface area contributed by atoms with Gasteiger partial charge in [0, 0.05) is 12.2 Å². The number of hydrogen-bond acceptors (Lipinski definition) is 6. The van der Waals surface area contributed by atoms with Crippen molar-refractivity contribution < 1.29 is 34.1 Å². The second-order valence-corrected chi connectivity index (χ2v) is 6.83. The minimum absolute atomic E-state index is 0.0579. The van der Waals surface area contributed by atoms with Gasteiger partial charge in [0.1, 0.15) is 0 Å². The summed E-state index contributed by atoms with van der Waals surface area (Å²) < 4.78 is 10.7. The molecule has 1 atom stereocenters. The third kappa shape index (κ3) is 8.49. The van der Waals surface area contributed by atoms with E-state index in [4.69, 9.17) is 25.4 Å². The molecule has 2 aromatic rings. The van der Waals surface area contributed by atoms with Gasteiger partial charge in [0.15, 0.2) is 11.5 Å². The van der Waals surface area contributed by atoms with E-state index in [-0.39, 0.29) is 12.5 Å². The van der Waals surface area contributed by atoms with Gasteiger partial charge in [-0.15, -0.1) is 0 Å². The van der Waals surface area contributed by atoms with Crippen LogP contribution in [0.15, 0.2) is 60.7 Å². The Labute approximate surface area is 186 Å². The zero-order valence-corrected chi connectivity index (χ0v) is 18.2. The Morgan fingerprint density at radius 3 is 2.00 bits per heavy atom. The van der Waals surface area contributed by atoms with E-state index in [1.54, 1.807) is 14.2 Å². The SMILES string of the molecule is COc1ccc(C(C)(Cc2ccccc2)NC(=O)CN)cc1OC.O=C(O)C=CC(=O)O. The van der Waals surface area contributed by atoms with Crippen LogP contribution in [0.4, 0.5) is 0 Å². The molecule has 0 saturated heterocycles. The maximum Gasteiger partial charge on any atom is 0.328 e. The molecule has 9 nitrogen and oxygen atoms in total. The molecule has 1 amide bonds. The molecule has 0 bridgehead atoms. The number of hydrogen-bond donors (Lipinski definition) is 4. The maximum atomic E-state index is 12.0. The number of nitrogens with two attached hydrogens (primary N) is 1. The summed E-state index contributed by atoms with van der Waals surface area (Å²) >= 11 is 0. The molecule has 32 heavy (non-hydrogen) atoms. The van der Waals surface area contributed by atoms with Crippen LogP contribution >= 0.6 is 0 Å². The van der Waals surface area contributed by atoms with Crippen molar-refractivity contribution in [3.05, 3.63) is 71.8 Å².